The second-order valence-electron chi connectivity index (χ2n) is 3.69. The average Bonchev–Trinajstić information content (AvgIpc) is 2.26. The number of nitrogens with one attached hydrogen (secondary N) is 1. The molecule has 0 aliphatic heterocycles. The van der Waals surface area contributed by atoms with Crippen LogP contribution in [0.1, 0.15) is 25.5 Å². The molecule has 1 N–H and O–H groups in total. The van der Waals surface area contributed by atoms with Crippen molar-refractivity contribution in [3.63, 3.8) is 0 Å². The van der Waals surface area contributed by atoms with E-state index in [9.17, 15) is 9.59 Å². The Hall–Kier alpha value is -1.64. The van der Waals surface area contributed by atoms with E-state index in [4.69, 9.17) is 0 Å². The molecule has 1 rings (SSSR count). The molecule has 1 amide bonds. The van der Waals surface area contributed by atoms with Crippen LogP contribution in [-0.2, 0) is 9.59 Å². The molecule has 15 heavy (non-hydrogen) atoms. The molecular weight excluding hydrogens is 190 g/mol. The summed E-state index contributed by atoms with van der Waals surface area (Å²) in [5.41, 5.74) is 0.807. The van der Waals surface area contributed by atoms with Gasteiger partial charge in [-0.1, -0.05) is 44.2 Å². The van der Waals surface area contributed by atoms with Gasteiger partial charge in [0.25, 0.3) is 0 Å². The van der Waals surface area contributed by atoms with Crippen molar-refractivity contribution < 1.29 is 9.59 Å². The second kappa shape index (κ2) is 5.29. The maximum Gasteiger partial charge on any atom is 0.223 e. The van der Waals surface area contributed by atoms with Crippen LogP contribution in [0.4, 0.5) is 0 Å². The highest BCUT2D eigenvalue weighted by Crippen LogP contribution is 2.10. The van der Waals surface area contributed by atoms with Gasteiger partial charge in [0.15, 0.2) is 0 Å². The Morgan fingerprint density at radius 3 is 2.33 bits per heavy atom. The SMILES string of the molecule is CC(C)C(=O)NC(C=O)c1ccccc1. The summed E-state index contributed by atoms with van der Waals surface area (Å²) in [6.07, 6.45) is 0.746. The minimum atomic E-state index is -0.541. The van der Waals surface area contributed by atoms with Crippen molar-refractivity contribution in [2.45, 2.75) is 19.9 Å². The van der Waals surface area contributed by atoms with Crippen LogP contribution in [-0.4, -0.2) is 12.2 Å². The van der Waals surface area contributed by atoms with E-state index in [1.807, 2.05) is 30.3 Å². The highest BCUT2D eigenvalue weighted by molar-refractivity contribution is 5.81. The Balaban J connectivity index is 2.73. The predicted molar refractivity (Wildman–Crippen MR) is 58.2 cm³/mol. The topological polar surface area (TPSA) is 46.2 Å². The molecule has 3 nitrogen and oxygen atoms in total. The van der Waals surface area contributed by atoms with E-state index in [1.54, 1.807) is 13.8 Å². The molecule has 3 heteroatoms. The average molecular weight is 205 g/mol. The molecule has 1 aromatic carbocycles. The largest absolute Gasteiger partial charge is 0.342 e. The van der Waals surface area contributed by atoms with E-state index in [0.717, 1.165) is 11.8 Å². The van der Waals surface area contributed by atoms with Crippen molar-refractivity contribution in [3.05, 3.63) is 35.9 Å². The van der Waals surface area contributed by atoms with Crippen molar-refractivity contribution >= 4 is 12.2 Å². The van der Waals surface area contributed by atoms with Crippen LogP contribution in [0.15, 0.2) is 30.3 Å². The first kappa shape index (κ1) is 11.4. The summed E-state index contributed by atoms with van der Waals surface area (Å²) in [4.78, 5) is 22.3. The van der Waals surface area contributed by atoms with E-state index >= 15 is 0 Å². The van der Waals surface area contributed by atoms with Gasteiger partial charge in [-0.05, 0) is 5.56 Å². The van der Waals surface area contributed by atoms with Gasteiger partial charge in [-0.2, -0.15) is 0 Å². The number of hydrogen-bond acceptors (Lipinski definition) is 2. The van der Waals surface area contributed by atoms with Gasteiger partial charge >= 0.3 is 0 Å². The van der Waals surface area contributed by atoms with Crippen molar-refractivity contribution in [3.8, 4) is 0 Å². The van der Waals surface area contributed by atoms with E-state index in [1.165, 1.54) is 0 Å². The molecule has 0 aliphatic rings. The van der Waals surface area contributed by atoms with Gasteiger partial charge in [-0.3, -0.25) is 4.79 Å². The maximum atomic E-state index is 11.4. The van der Waals surface area contributed by atoms with Crippen LogP contribution >= 0.6 is 0 Å². The third-order valence-corrected chi connectivity index (χ3v) is 2.12. The third-order valence-electron chi connectivity index (χ3n) is 2.12. The molecule has 0 radical (unpaired) electrons. The predicted octanol–water partition coefficient (Wildman–Crippen LogP) is 1.70. The van der Waals surface area contributed by atoms with Gasteiger partial charge in [-0.15, -0.1) is 0 Å². The molecular formula is C12H15NO2. The maximum absolute atomic E-state index is 11.4. The number of carbonyl (C=O) groups is 2. The monoisotopic (exact) mass is 205 g/mol. The summed E-state index contributed by atoms with van der Waals surface area (Å²) in [6.45, 7) is 3.59. The molecule has 0 saturated heterocycles. The summed E-state index contributed by atoms with van der Waals surface area (Å²) < 4.78 is 0. The van der Waals surface area contributed by atoms with Crippen LogP contribution in [0.5, 0.6) is 0 Å². The first-order valence-electron chi connectivity index (χ1n) is 4.95. The van der Waals surface area contributed by atoms with Crippen LogP contribution < -0.4 is 5.32 Å². The lowest BCUT2D eigenvalue weighted by molar-refractivity contribution is -0.126. The summed E-state index contributed by atoms with van der Waals surface area (Å²) in [5, 5.41) is 2.68. The van der Waals surface area contributed by atoms with Crippen LogP contribution in [0.25, 0.3) is 0 Å². The van der Waals surface area contributed by atoms with E-state index in [-0.39, 0.29) is 11.8 Å². The molecule has 0 bridgehead atoms. The summed E-state index contributed by atoms with van der Waals surface area (Å²) in [7, 11) is 0. The van der Waals surface area contributed by atoms with E-state index < -0.39 is 6.04 Å². The second-order valence-corrected chi connectivity index (χ2v) is 3.69. The lowest BCUT2D eigenvalue weighted by Crippen LogP contribution is -2.32. The normalized spacial score (nSPS) is 12.2. The zero-order valence-electron chi connectivity index (χ0n) is 8.94. The molecule has 0 fully saturated rings. The zero-order chi connectivity index (χ0) is 11.3. The minimum Gasteiger partial charge on any atom is -0.342 e. The Labute approximate surface area is 89.5 Å². The quantitative estimate of drug-likeness (QED) is 0.760. The molecule has 1 unspecified atom stereocenters. The highest BCUT2D eigenvalue weighted by atomic mass is 16.2. The minimum absolute atomic E-state index is 0.115. The van der Waals surface area contributed by atoms with Gasteiger partial charge in [-0.25, -0.2) is 0 Å². The summed E-state index contributed by atoms with van der Waals surface area (Å²) in [5.74, 6) is -0.230. The Morgan fingerprint density at radius 1 is 1.27 bits per heavy atom. The standard InChI is InChI=1S/C12H15NO2/c1-9(2)12(15)13-11(8-14)10-6-4-3-5-7-10/h3-9,11H,1-2H3,(H,13,15). The van der Waals surface area contributed by atoms with Gasteiger partial charge < -0.3 is 10.1 Å². The van der Waals surface area contributed by atoms with Crippen molar-refractivity contribution in [1.29, 1.82) is 0 Å². The third kappa shape index (κ3) is 3.20. The number of carbonyl (C=O) groups excluding carboxylic acids is 2. The first-order chi connectivity index (χ1) is 7.15. The summed E-state index contributed by atoms with van der Waals surface area (Å²) in [6, 6.07) is 8.65. The van der Waals surface area contributed by atoms with Crippen molar-refractivity contribution in [1.82, 2.24) is 5.32 Å². The van der Waals surface area contributed by atoms with Gasteiger partial charge in [0, 0.05) is 5.92 Å². The zero-order valence-corrected chi connectivity index (χ0v) is 8.94. The Bertz CT molecular complexity index is 333. The lowest BCUT2D eigenvalue weighted by atomic mass is 10.1. The van der Waals surface area contributed by atoms with Crippen LogP contribution in [0.2, 0.25) is 0 Å². The number of rotatable bonds is 4. The van der Waals surface area contributed by atoms with Crippen LogP contribution in [0, 0.1) is 5.92 Å². The molecule has 1 atom stereocenters. The molecule has 0 heterocycles. The van der Waals surface area contributed by atoms with Crippen molar-refractivity contribution in [2.75, 3.05) is 0 Å². The fraction of sp³-hybridized carbons (Fsp3) is 0.333. The Kier molecular flexibility index (Phi) is 4.03. The summed E-state index contributed by atoms with van der Waals surface area (Å²) >= 11 is 0. The van der Waals surface area contributed by atoms with Gasteiger partial charge in [0.05, 0.1) is 0 Å². The lowest BCUT2D eigenvalue weighted by Gasteiger charge is -2.14. The van der Waals surface area contributed by atoms with Crippen LogP contribution in [0.3, 0.4) is 0 Å². The van der Waals surface area contributed by atoms with Gasteiger partial charge in [0.2, 0.25) is 5.91 Å². The molecule has 1 aromatic rings. The fourth-order valence-electron chi connectivity index (χ4n) is 1.18. The fourth-order valence-corrected chi connectivity index (χ4v) is 1.18. The smallest absolute Gasteiger partial charge is 0.223 e. The molecule has 0 saturated carbocycles. The number of benzene rings is 1. The highest BCUT2D eigenvalue weighted by Gasteiger charge is 2.14. The Morgan fingerprint density at radius 2 is 1.87 bits per heavy atom. The van der Waals surface area contributed by atoms with E-state index in [2.05, 4.69) is 5.32 Å². The van der Waals surface area contributed by atoms with E-state index in [0.29, 0.717) is 0 Å². The molecule has 0 aromatic heterocycles. The van der Waals surface area contributed by atoms with Gasteiger partial charge in [0.1, 0.15) is 12.3 Å². The molecule has 0 spiro atoms. The number of amides is 1. The first-order valence-corrected chi connectivity index (χ1v) is 4.95. The number of hydrogen-bond donors (Lipinski definition) is 1. The number of aldehydes is 1. The molecule has 80 valence electrons. The molecule has 0 aliphatic carbocycles. The van der Waals surface area contributed by atoms with Crippen molar-refractivity contribution in [2.24, 2.45) is 5.92 Å².